The molecule has 1 fully saturated rings. The van der Waals surface area contributed by atoms with Crippen LogP contribution < -0.4 is 16.2 Å². The summed E-state index contributed by atoms with van der Waals surface area (Å²) >= 11 is 6.06. The van der Waals surface area contributed by atoms with Crippen LogP contribution in [0.2, 0.25) is 5.02 Å². The van der Waals surface area contributed by atoms with Gasteiger partial charge in [0.2, 0.25) is 5.95 Å². The van der Waals surface area contributed by atoms with E-state index in [-0.39, 0.29) is 17.0 Å². The summed E-state index contributed by atoms with van der Waals surface area (Å²) in [4.78, 5) is 27.0. The fourth-order valence-corrected chi connectivity index (χ4v) is 5.65. The van der Waals surface area contributed by atoms with Crippen LogP contribution in [0.25, 0.3) is 16.6 Å². The van der Waals surface area contributed by atoms with Crippen molar-refractivity contribution in [2.45, 2.75) is 25.3 Å². The van der Waals surface area contributed by atoms with Crippen molar-refractivity contribution in [1.29, 1.82) is 0 Å². The van der Waals surface area contributed by atoms with E-state index in [2.05, 4.69) is 60.9 Å². The molecule has 0 unspecified atom stereocenters. The lowest BCUT2D eigenvalue weighted by molar-refractivity contribution is 0.187. The van der Waals surface area contributed by atoms with Gasteiger partial charge in [-0.1, -0.05) is 42.4 Å². The molecule has 4 aromatic rings. The number of aromatic amines is 2. The van der Waals surface area contributed by atoms with Crippen molar-refractivity contribution in [2.24, 2.45) is 11.1 Å². The number of anilines is 1. The number of aromatic nitrogens is 5. The highest BCUT2D eigenvalue weighted by atomic mass is 35.5. The molecule has 2 aliphatic rings. The molecule has 0 amide bonds. The summed E-state index contributed by atoms with van der Waals surface area (Å²) in [6.07, 6.45) is 6.07. The number of nitrogens with two attached hydrogens (primary N) is 1. The topological polar surface area (TPSA) is 117 Å². The van der Waals surface area contributed by atoms with E-state index in [0.29, 0.717) is 38.8 Å². The zero-order valence-electron chi connectivity index (χ0n) is 18.5. The van der Waals surface area contributed by atoms with Crippen molar-refractivity contribution in [3.8, 4) is 0 Å². The molecule has 0 bridgehead atoms. The second kappa shape index (κ2) is 7.78. The lowest BCUT2D eigenvalue weighted by Gasteiger charge is -2.42. The summed E-state index contributed by atoms with van der Waals surface area (Å²) in [5.41, 5.74) is 11.2. The average Bonchev–Trinajstić information content (AvgIpc) is 3.39. The van der Waals surface area contributed by atoms with Crippen molar-refractivity contribution in [1.82, 2.24) is 25.1 Å². The van der Waals surface area contributed by atoms with Crippen LogP contribution in [0.4, 0.5) is 5.95 Å². The summed E-state index contributed by atoms with van der Waals surface area (Å²) in [6, 6.07) is 10.3. The third kappa shape index (κ3) is 3.25. The molecule has 0 radical (unpaired) electrons. The van der Waals surface area contributed by atoms with Gasteiger partial charge < -0.3 is 10.6 Å². The fourth-order valence-electron chi connectivity index (χ4n) is 5.48. The first kappa shape index (κ1) is 21.1. The molecule has 34 heavy (non-hydrogen) atoms. The number of fused-ring (bicyclic) bond motifs is 2. The number of piperidine rings is 1. The van der Waals surface area contributed by atoms with Gasteiger partial charge in [-0.2, -0.15) is 10.1 Å². The highest BCUT2D eigenvalue weighted by Crippen LogP contribution is 2.50. The van der Waals surface area contributed by atoms with Gasteiger partial charge in [-0.25, -0.2) is 0 Å². The molecule has 172 valence electrons. The number of pyridine rings is 1. The van der Waals surface area contributed by atoms with Crippen LogP contribution in [-0.4, -0.2) is 38.2 Å². The largest absolute Gasteiger partial charge is 0.342 e. The van der Waals surface area contributed by atoms with Crippen molar-refractivity contribution >= 4 is 34.2 Å². The van der Waals surface area contributed by atoms with E-state index in [1.165, 1.54) is 11.1 Å². The third-order valence-corrected chi connectivity index (χ3v) is 7.61. The number of halogens is 1. The maximum absolute atomic E-state index is 13.1. The van der Waals surface area contributed by atoms with Gasteiger partial charge >= 0.3 is 0 Å². The van der Waals surface area contributed by atoms with E-state index in [1.807, 2.05) is 0 Å². The van der Waals surface area contributed by atoms with E-state index in [1.54, 1.807) is 18.5 Å². The van der Waals surface area contributed by atoms with E-state index in [4.69, 9.17) is 17.3 Å². The highest BCUT2D eigenvalue weighted by Gasteiger charge is 2.46. The number of nitrogens with one attached hydrogen (secondary N) is 2. The first-order valence-corrected chi connectivity index (χ1v) is 11.7. The van der Waals surface area contributed by atoms with Gasteiger partial charge in [-0.15, -0.1) is 0 Å². The minimum Gasteiger partial charge on any atom is -0.342 e. The normalized spacial score (nSPS) is 19.0. The van der Waals surface area contributed by atoms with Gasteiger partial charge in [0.1, 0.15) is 11.1 Å². The smallest absolute Gasteiger partial charge is 0.264 e. The number of nitrogens with zero attached hydrogens (tertiary/aromatic N) is 4. The third-order valence-electron chi connectivity index (χ3n) is 7.41. The summed E-state index contributed by atoms with van der Waals surface area (Å²) < 4.78 is 0. The Morgan fingerprint density at radius 2 is 2.03 bits per heavy atom. The van der Waals surface area contributed by atoms with Crippen LogP contribution >= 0.6 is 11.6 Å². The Bertz CT molecular complexity index is 1480. The highest BCUT2D eigenvalue weighted by molar-refractivity contribution is 6.30. The van der Waals surface area contributed by atoms with Gasteiger partial charge in [0, 0.05) is 42.7 Å². The molecule has 1 aliphatic carbocycles. The van der Waals surface area contributed by atoms with Crippen LogP contribution in [-0.2, 0) is 6.42 Å². The SMILES string of the molecule is C=C(c1cncc(Cl)c1)c1n[nH]c2nc(N3CCC4(CC3)Cc3ccccc3[C@H]4N)[nH]c(=O)c12. The monoisotopic (exact) mass is 473 g/mol. The number of benzene rings is 1. The molecule has 1 aliphatic heterocycles. The number of hydrogen-bond donors (Lipinski definition) is 3. The second-order valence-corrected chi connectivity index (χ2v) is 9.69. The van der Waals surface area contributed by atoms with Gasteiger partial charge in [-0.05, 0) is 41.9 Å². The van der Waals surface area contributed by atoms with Crippen LogP contribution in [0.15, 0.2) is 54.1 Å². The Hall–Kier alpha value is -3.49. The predicted octanol–water partition coefficient (Wildman–Crippen LogP) is 3.60. The molecule has 1 aromatic carbocycles. The molecule has 1 spiro atoms. The van der Waals surface area contributed by atoms with Crippen molar-refractivity contribution in [3.05, 3.63) is 87.1 Å². The van der Waals surface area contributed by atoms with Crippen LogP contribution in [0, 0.1) is 5.41 Å². The second-order valence-electron chi connectivity index (χ2n) is 9.26. The van der Waals surface area contributed by atoms with E-state index in [0.717, 1.165) is 32.4 Å². The lowest BCUT2D eigenvalue weighted by Crippen LogP contribution is -2.45. The number of rotatable bonds is 3. The Morgan fingerprint density at radius 3 is 2.79 bits per heavy atom. The van der Waals surface area contributed by atoms with Crippen molar-refractivity contribution < 1.29 is 0 Å². The van der Waals surface area contributed by atoms with Crippen molar-refractivity contribution in [2.75, 3.05) is 18.0 Å². The van der Waals surface area contributed by atoms with E-state index < -0.39 is 0 Å². The first-order chi connectivity index (χ1) is 16.4. The predicted molar refractivity (Wildman–Crippen MR) is 133 cm³/mol. The van der Waals surface area contributed by atoms with Crippen molar-refractivity contribution in [3.63, 3.8) is 0 Å². The Morgan fingerprint density at radius 1 is 1.24 bits per heavy atom. The fraction of sp³-hybridized carbons (Fsp3) is 0.280. The number of hydrogen-bond acceptors (Lipinski definition) is 6. The Kier molecular flexibility index (Phi) is 4.82. The zero-order chi connectivity index (χ0) is 23.4. The molecule has 8 nitrogen and oxygen atoms in total. The van der Waals surface area contributed by atoms with Crippen LogP contribution in [0.1, 0.15) is 41.3 Å². The minimum atomic E-state index is -0.259. The molecule has 9 heteroatoms. The van der Waals surface area contributed by atoms with Gasteiger partial charge in [-0.3, -0.25) is 19.9 Å². The van der Waals surface area contributed by atoms with E-state index in [9.17, 15) is 4.79 Å². The molecular formula is C25H24ClN7O. The first-order valence-electron chi connectivity index (χ1n) is 11.3. The quantitative estimate of drug-likeness (QED) is 0.418. The standard InChI is InChI=1S/C25H24ClN7O/c1-14(16-10-17(26)13-28-12-16)20-19-22(32-31-20)29-24(30-23(19)34)33-8-6-25(7-9-33)11-15-4-2-3-5-18(15)21(25)27/h2-5,10,12-13,21H,1,6-9,11,27H2,(H2,29,30,31,32,34)/t21-/m1/s1. The molecule has 4 heterocycles. The van der Waals surface area contributed by atoms with E-state index >= 15 is 0 Å². The molecule has 4 N–H and O–H groups in total. The minimum absolute atomic E-state index is 0.0440. The molecule has 6 rings (SSSR count). The van der Waals surface area contributed by atoms with Crippen LogP contribution in [0.3, 0.4) is 0 Å². The molecule has 0 saturated carbocycles. The molecule has 1 saturated heterocycles. The maximum Gasteiger partial charge on any atom is 0.264 e. The molecular weight excluding hydrogens is 450 g/mol. The van der Waals surface area contributed by atoms with Gasteiger partial charge in [0.15, 0.2) is 5.65 Å². The molecule has 3 aromatic heterocycles. The Balaban J connectivity index is 1.26. The summed E-state index contributed by atoms with van der Waals surface area (Å²) in [5, 5.41) is 8.08. The molecule has 1 atom stereocenters. The average molecular weight is 474 g/mol. The summed E-state index contributed by atoms with van der Waals surface area (Å²) in [6.45, 7) is 5.64. The maximum atomic E-state index is 13.1. The summed E-state index contributed by atoms with van der Waals surface area (Å²) in [5.74, 6) is 0.543. The number of H-pyrrole nitrogens is 2. The van der Waals surface area contributed by atoms with Gasteiger partial charge in [0.05, 0.1) is 5.02 Å². The summed E-state index contributed by atoms with van der Waals surface area (Å²) in [7, 11) is 0. The Labute approximate surface area is 200 Å². The zero-order valence-corrected chi connectivity index (χ0v) is 19.3. The lowest BCUT2D eigenvalue weighted by atomic mass is 9.73. The van der Waals surface area contributed by atoms with Gasteiger partial charge in [0.25, 0.3) is 5.56 Å². The van der Waals surface area contributed by atoms with Crippen LogP contribution in [0.5, 0.6) is 0 Å².